The number of fused-ring (bicyclic) bond motifs is 1. The quantitative estimate of drug-likeness (QED) is 0.369. The Hall–Kier alpha value is -2.42. The summed E-state index contributed by atoms with van der Waals surface area (Å²) in [5, 5.41) is 2.06. The third-order valence-corrected chi connectivity index (χ3v) is 3.00. The van der Waals surface area contributed by atoms with E-state index in [4.69, 9.17) is 4.74 Å². The maximum Gasteiger partial charge on any atom is 0.341 e. The number of rotatable bonds is 4. The van der Waals surface area contributed by atoms with Crippen molar-refractivity contribution < 1.29 is 14.3 Å². The van der Waals surface area contributed by atoms with E-state index in [1.807, 2.05) is 42.5 Å². The highest BCUT2D eigenvalue weighted by atomic mass is 16.5. The van der Waals surface area contributed by atoms with Crippen LogP contribution in [0.1, 0.15) is 19.4 Å². The van der Waals surface area contributed by atoms with Crippen molar-refractivity contribution in [1.29, 1.82) is 0 Å². The molecule has 0 bridgehead atoms. The van der Waals surface area contributed by atoms with Crippen molar-refractivity contribution in [1.82, 2.24) is 0 Å². The molecule has 0 saturated carbocycles. The molecule has 0 aliphatic heterocycles. The third kappa shape index (κ3) is 2.94. The molecule has 0 aromatic heterocycles. The van der Waals surface area contributed by atoms with Gasteiger partial charge in [0.15, 0.2) is 5.78 Å². The zero-order chi connectivity index (χ0) is 14.5. The number of ketones is 1. The second-order valence-corrected chi connectivity index (χ2v) is 4.40. The fourth-order valence-corrected chi connectivity index (χ4v) is 2.04. The summed E-state index contributed by atoms with van der Waals surface area (Å²) >= 11 is 0. The summed E-state index contributed by atoms with van der Waals surface area (Å²) in [5.41, 5.74) is 0.907. The van der Waals surface area contributed by atoms with E-state index < -0.39 is 5.97 Å². The number of hydrogen-bond donors (Lipinski definition) is 0. The molecule has 2 aromatic rings. The van der Waals surface area contributed by atoms with Gasteiger partial charge in [-0.2, -0.15) is 0 Å². The van der Waals surface area contributed by atoms with Crippen LogP contribution in [-0.4, -0.2) is 18.4 Å². The molecule has 0 amide bonds. The lowest BCUT2D eigenvalue weighted by atomic mass is 10.0. The first-order valence-electron chi connectivity index (χ1n) is 6.51. The fraction of sp³-hybridized carbons (Fsp3) is 0.176. The maximum atomic E-state index is 11.8. The van der Waals surface area contributed by atoms with E-state index in [1.54, 1.807) is 13.0 Å². The first kappa shape index (κ1) is 14.0. The minimum Gasteiger partial charge on any atom is -0.462 e. The van der Waals surface area contributed by atoms with Gasteiger partial charge < -0.3 is 4.74 Å². The molecule has 0 heterocycles. The molecule has 0 aliphatic carbocycles. The Morgan fingerprint density at radius 3 is 2.50 bits per heavy atom. The monoisotopic (exact) mass is 268 g/mol. The van der Waals surface area contributed by atoms with Crippen molar-refractivity contribution in [2.45, 2.75) is 13.8 Å². The zero-order valence-corrected chi connectivity index (χ0v) is 11.6. The highest BCUT2D eigenvalue weighted by Crippen LogP contribution is 2.21. The highest BCUT2D eigenvalue weighted by molar-refractivity contribution is 6.20. The van der Waals surface area contributed by atoms with Crippen molar-refractivity contribution in [2.75, 3.05) is 6.61 Å². The Morgan fingerprint density at radius 2 is 1.80 bits per heavy atom. The third-order valence-electron chi connectivity index (χ3n) is 3.00. The zero-order valence-electron chi connectivity index (χ0n) is 11.6. The normalized spacial score (nSPS) is 11.4. The molecule has 3 nitrogen and oxygen atoms in total. The van der Waals surface area contributed by atoms with Gasteiger partial charge in [0, 0.05) is 0 Å². The largest absolute Gasteiger partial charge is 0.462 e. The van der Waals surface area contributed by atoms with Crippen LogP contribution in [0.3, 0.4) is 0 Å². The molecule has 0 saturated heterocycles. The van der Waals surface area contributed by atoms with Gasteiger partial charge in [-0.1, -0.05) is 42.5 Å². The van der Waals surface area contributed by atoms with Crippen LogP contribution in [0.4, 0.5) is 0 Å². The predicted molar refractivity (Wildman–Crippen MR) is 79.2 cm³/mol. The van der Waals surface area contributed by atoms with Crippen molar-refractivity contribution in [3.63, 3.8) is 0 Å². The van der Waals surface area contributed by atoms with Crippen molar-refractivity contribution in [2.24, 2.45) is 0 Å². The number of benzene rings is 2. The van der Waals surface area contributed by atoms with Crippen LogP contribution >= 0.6 is 0 Å². The van der Waals surface area contributed by atoms with Gasteiger partial charge in [0.25, 0.3) is 0 Å². The topological polar surface area (TPSA) is 43.4 Å². The first-order valence-corrected chi connectivity index (χ1v) is 6.51. The van der Waals surface area contributed by atoms with Gasteiger partial charge in [-0.25, -0.2) is 4.79 Å². The SMILES string of the molecule is CCOC(=O)/C(=C\c1cccc2ccccc12)C(C)=O. The van der Waals surface area contributed by atoms with Crippen LogP contribution in [0, 0.1) is 0 Å². The maximum absolute atomic E-state index is 11.8. The first-order chi connectivity index (χ1) is 9.63. The van der Waals surface area contributed by atoms with Crippen LogP contribution in [0.25, 0.3) is 16.8 Å². The molecule has 20 heavy (non-hydrogen) atoms. The summed E-state index contributed by atoms with van der Waals surface area (Å²) in [6.07, 6.45) is 1.60. The molecular formula is C17H16O3. The van der Waals surface area contributed by atoms with Crippen LogP contribution in [0.2, 0.25) is 0 Å². The van der Waals surface area contributed by atoms with Crippen molar-refractivity contribution in [3.05, 3.63) is 53.6 Å². The minimum absolute atomic E-state index is 0.0724. The smallest absolute Gasteiger partial charge is 0.341 e. The summed E-state index contributed by atoms with van der Waals surface area (Å²) in [4.78, 5) is 23.4. The lowest BCUT2D eigenvalue weighted by molar-refractivity contribution is -0.139. The second-order valence-electron chi connectivity index (χ2n) is 4.40. The fourth-order valence-electron chi connectivity index (χ4n) is 2.04. The van der Waals surface area contributed by atoms with Crippen molar-refractivity contribution in [3.8, 4) is 0 Å². The van der Waals surface area contributed by atoms with Gasteiger partial charge in [0.05, 0.1) is 6.61 Å². The lowest BCUT2D eigenvalue weighted by Gasteiger charge is -2.06. The Balaban J connectivity index is 2.54. The molecular weight excluding hydrogens is 252 g/mol. The Labute approximate surface area is 117 Å². The number of ether oxygens (including phenoxy) is 1. The molecule has 3 heteroatoms. The number of Topliss-reactive ketones (excluding diaryl/α,β-unsaturated/α-hetero) is 1. The summed E-state index contributed by atoms with van der Waals surface area (Å²) in [6.45, 7) is 3.33. The Morgan fingerprint density at radius 1 is 1.10 bits per heavy atom. The summed E-state index contributed by atoms with van der Waals surface area (Å²) in [7, 11) is 0. The molecule has 102 valence electrons. The van der Waals surface area contributed by atoms with E-state index in [-0.39, 0.29) is 18.0 Å². The van der Waals surface area contributed by atoms with E-state index in [2.05, 4.69) is 0 Å². The van der Waals surface area contributed by atoms with Gasteiger partial charge in [-0.05, 0) is 36.3 Å². The van der Waals surface area contributed by atoms with E-state index in [9.17, 15) is 9.59 Å². The van der Waals surface area contributed by atoms with Gasteiger partial charge in [-0.3, -0.25) is 4.79 Å². The molecule has 0 aliphatic rings. The summed E-state index contributed by atoms with van der Waals surface area (Å²) in [5.74, 6) is -0.871. The van der Waals surface area contributed by atoms with Gasteiger partial charge in [-0.15, -0.1) is 0 Å². The van der Waals surface area contributed by atoms with Crippen LogP contribution in [0.5, 0.6) is 0 Å². The molecule has 2 aromatic carbocycles. The average molecular weight is 268 g/mol. The minimum atomic E-state index is -0.576. The Kier molecular flexibility index (Phi) is 4.31. The van der Waals surface area contributed by atoms with Crippen molar-refractivity contribution >= 4 is 28.6 Å². The van der Waals surface area contributed by atoms with Crippen LogP contribution < -0.4 is 0 Å². The lowest BCUT2D eigenvalue weighted by Crippen LogP contribution is -2.13. The molecule has 0 unspecified atom stereocenters. The average Bonchev–Trinajstić information content (AvgIpc) is 2.44. The van der Waals surface area contributed by atoms with E-state index in [0.29, 0.717) is 0 Å². The number of carbonyl (C=O) groups excluding carboxylic acids is 2. The number of carbonyl (C=O) groups is 2. The molecule has 0 N–H and O–H groups in total. The van der Waals surface area contributed by atoms with E-state index in [0.717, 1.165) is 16.3 Å². The van der Waals surface area contributed by atoms with E-state index >= 15 is 0 Å². The van der Waals surface area contributed by atoms with E-state index in [1.165, 1.54) is 6.92 Å². The standard InChI is InChI=1S/C17H16O3/c1-3-20-17(19)16(12(2)18)11-14-9-6-8-13-7-4-5-10-15(13)14/h4-11H,3H2,1-2H3/b16-11-. The summed E-state index contributed by atoms with van der Waals surface area (Å²) in [6, 6.07) is 13.6. The van der Waals surface area contributed by atoms with Gasteiger partial charge in [0.2, 0.25) is 0 Å². The van der Waals surface area contributed by atoms with Gasteiger partial charge in [0.1, 0.15) is 5.57 Å². The highest BCUT2D eigenvalue weighted by Gasteiger charge is 2.15. The molecule has 0 fully saturated rings. The number of esters is 1. The van der Waals surface area contributed by atoms with Crippen LogP contribution in [-0.2, 0) is 14.3 Å². The molecule has 0 radical (unpaired) electrons. The second kappa shape index (κ2) is 6.15. The van der Waals surface area contributed by atoms with Crippen LogP contribution in [0.15, 0.2) is 48.0 Å². The molecule has 0 spiro atoms. The number of hydrogen-bond acceptors (Lipinski definition) is 3. The van der Waals surface area contributed by atoms with Gasteiger partial charge >= 0.3 is 5.97 Å². The molecule has 2 rings (SSSR count). The predicted octanol–water partition coefficient (Wildman–Crippen LogP) is 3.38. The summed E-state index contributed by atoms with van der Waals surface area (Å²) < 4.78 is 4.92. The Bertz CT molecular complexity index is 678. The molecule has 0 atom stereocenters.